The van der Waals surface area contributed by atoms with Crippen molar-refractivity contribution >= 4 is 40.4 Å². The van der Waals surface area contributed by atoms with Crippen LogP contribution < -0.4 is 10.6 Å². The molecule has 2 aromatic carbocycles. The van der Waals surface area contributed by atoms with Crippen molar-refractivity contribution in [3.8, 4) is 0 Å². The van der Waals surface area contributed by atoms with Crippen molar-refractivity contribution in [1.82, 2.24) is 10.2 Å². The van der Waals surface area contributed by atoms with E-state index in [4.69, 9.17) is 11.6 Å². The molecule has 1 aromatic heterocycles. The average molecular weight is 482 g/mol. The van der Waals surface area contributed by atoms with E-state index in [9.17, 15) is 9.59 Å². The summed E-state index contributed by atoms with van der Waals surface area (Å²) in [6.45, 7) is 4.87. The monoisotopic (exact) mass is 481 g/mol. The van der Waals surface area contributed by atoms with Crippen molar-refractivity contribution in [3.63, 3.8) is 0 Å². The summed E-state index contributed by atoms with van der Waals surface area (Å²) >= 11 is 7.57. The van der Waals surface area contributed by atoms with Crippen molar-refractivity contribution in [3.05, 3.63) is 86.6 Å². The summed E-state index contributed by atoms with van der Waals surface area (Å²) in [5.41, 5.74) is 3.19. The fourth-order valence-electron chi connectivity index (χ4n) is 4.03. The number of piperidine rings is 1. The van der Waals surface area contributed by atoms with Gasteiger partial charge in [0.25, 0.3) is 11.8 Å². The Morgan fingerprint density at radius 3 is 2.58 bits per heavy atom. The summed E-state index contributed by atoms with van der Waals surface area (Å²) < 4.78 is 0. The quantitative estimate of drug-likeness (QED) is 0.437. The second kappa shape index (κ2) is 11.0. The molecule has 1 fully saturated rings. The lowest BCUT2D eigenvalue weighted by Gasteiger charge is -2.33. The van der Waals surface area contributed by atoms with E-state index in [-0.39, 0.29) is 11.8 Å². The Morgan fingerprint density at radius 2 is 1.85 bits per heavy atom. The number of thiophene rings is 1. The number of likely N-dealkylation sites (tertiary alicyclic amines) is 1. The second-order valence-corrected chi connectivity index (χ2v) is 9.80. The molecule has 1 atom stereocenters. The molecule has 2 N–H and O–H groups in total. The minimum Gasteiger partial charge on any atom is -0.348 e. The van der Waals surface area contributed by atoms with E-state index in [1.165, 1.54) is 36.2 Å². The first-order valence-corrected chi connectivity index (χ1v) is 12.5. The van der Waals surface area contributed by atoms with Crippen LogP contribution in [0.15, 0.2) is 60.0 Å². The Labute approximate surface area is 203 Å². The van der Waals surface area contributed by atoms with Crippen LogP contribution >= 0.6 is 22.9 Å². The first kappa shape index (κ1) is 23.5. The van der Waals surface area contributed by atoms with Gasteiger partial charge in [0, 0.05) is 24.7 Å². The zero-order chi connectivity index (χ0) is 23.2. The molecule has 0 aliphatic carbocycles. The molecule has 2 amide bonds. The van der Waals surface area contributed by atoms with Crippen LogP contribution in [0.1, 0.15) is 57.3 Å². The van der Waals surface area contributed by atoms with Crippen molar-refractivity contribution in [2.45, 2.75) is 45.3 Å². The number of carbonyl (C=O) groups excluding carboxylic acids is 2. The number of carbonyl (C=O) groups is 2. The second-order valence-electron chi connectivity index (χ2n) is 8.44. The molecule has 5 nitrogen and oxygen atoms in total. The molecule has 0 saturated carbocycles. The van der Waals surface area contributed by atoms with E-state index in [1.54, 1.807) is 24.3 Å². The molecule has 1 unspecified atom stereocenters. The zero-order valence-electron chi connectivity index (χ0n) is 18.6. The van der Waals surface area contributed by atoms with Gasteiger partial charge in [0.1, 0.15) is 0 Å². The molecule has 3 aromatic rings. The molecule has 1 aliphatic rings. The van der Waals surface area contributed by atoms with E-state index in [2.05, 4.69) is 46.7 Å². The maximum Gasteiger partial charge on any atom is 0.265 e. The third-order valence-electron chi connectivity index (χ3n) is 6.02. The number of nitrogens with zero attached hydrogens (tertiary/aromatic N) is 1. The first-order valence-electron chi connectivity index (χ1n) is 11.2. The standard InChI is InChI=1S/C26H28ClN3O2S/c1-18-5-2-3-13-30(18)17-20-9-7-19(8-10-20)16-28-25(31)21-11-12-22(27)23(15-21)29-26(32)24-6-4-14-33-24/h4,6-12,14-15,18H,2-3,5,13,16-17H2,1H3,(H,28,31)(H,29,32). The minimum absolute atomic E-state index is 0.218. The number of hydrogen-bond acceptors (Lipinski definition) is 4. The lowest BCUT2D eigenvalue weighted by atomic mass is 10.0. The smallest absolute Gasteiger partial charge is 0.265 e. The van der Waals surface area contributed by atoms with Crippen LogP contribution in [0.2, 0.25) is 5.02 Å². The predicted octanol–water partition coefficient (Wildman–Crippen LogP) is 5.96. The van der Waals surface area contributed by atoms with Crippen molar-refractivity contribution in [1.29, 1.82) is 0 Å². The fraction of sp³-hybridized carbons (Fsp3) is 0.308. The summed E-state index contributed by atoms with van der Waals surface area (Å²) in [6, 6.07) is 17.5. The SMILES string of the molecule is CC1CCCCN1Cc1ccc(CNC(=O)c2ccc(Cl)c(NC(=O)c3cccs3)c2)cc1. The Bertz CT molecular complexity index is 1100. The van der Waals surface area contributed by atoms with Gasteiger partial charge in [-0.3, -0.25) is 14.5 Å². The Hall–Kier alpha value is -2.67. The highest BCUT2D eigenvalue weighted by Gasteiger charge is 2.18. The summed E-state index contributed by atoms with van der Waals surface area (Å²) in [5, 5.41) is 7.95. The molecule has 2 heterocycles. The third-order valence-corrected chi connectivity index (χ3v) is 7.22. The fourth-order valence-corrected chi connectivity index (χ4v) is 4.81. The largest absolute Gasteiger partial charge is 0.348 e. The van der Waals surface area contributed by atoms with E-state index < -0.39 is 0 Å². The molecule has 4 rings (SSSR count). The van der Waals surface area contributed by atoms with Crippen LogP contribution in [0, 0.1) is 0 Å². The van der Waals surface area contributed by atoms with Crippen LogP contribution in [0.25, 0.3) is 0 Å². The highest BCUT2D eigenvalue weighted by atomic mass is 35.5. The highest BCUT2D eigenvalue weighted by molar-refractivity contribution is 7.12. The topological polar surface area (TPSA) is 61.4 Å². The van der Waals surface area contributed by atoms with Crippen LogP contribution in [0.3, 0.4) is 0 Å². The lowest BCUT2D eigenvalue weighted by Crippen LogP contribution is -2.36. The first-order chi connectivity index (χ1) is 16.0. The maximum absolute atomic E-state index is 12.7. The summed E-state index contributed by atoms with van der Waals surface area (Å²) in [7, 11) is 0. The summed E-state index contributed by atoms with van der Waals surface area (Å²) in [5.74, 6) is -0.465. The highest BCUT2D eigenvalue weighted by Crippen LogP contribution is 2.25. The Morgan fingerprint density at radius 1 is 1.06 bits per heavy atom. The molecule has 1 saturated heterocycles. The van der Waals surface area contributed by atoms with Gasteiger partial charge in [-0.25, -0.2) is 0 Å². The Kier molecular flexibility index (Phi) is 7.81. The molecule has 7 heteroatoms. The molecule has 1 aliphatic heterocycles. The van der Waals surface area contributed by atoms with Gasteiger partial charge in [-0.05, 0) is 67.1 Å². The van der Waals surface area contributed by atoms with Crippen molar-refractivity contribution in [2.75, 3.05) is 11.9 Å². The molecule has 0 bridgehead atoms. The van der Waals surface area contributed by atoms with Gasteiger partial charge < -0.3 is 10.6 Å². The van der Waals surface area contributed by atoms with Crippen LogP contribution in [-0.4, -0.2) is 29.3 Å². The van der Waals surface area contributed by atoms with Crippen molar-refractivity contribution < 1.29 is 9.59 Å². The maximum atomic E-state index is 12.7. The number of benzene rings is 2. The van der Waals surface area contributed by atoms with Crippen LogP contribution in [0.4, 0.5) is 5.69 Å². The minimum atomic E-state index is -0.247. The molecule has 0 spiro atoms. The number of nitrogens with one attached hydrogen (secondary N) is 2. The van der Waals surface area contributed by atoms with Gasteiger partial charge in [0.2, 0.25) is 0 Å². The van der Waals surface area contributed by atoms with Gasteiger partial charge in [-0.15, -0.1) is 11.3 Å². The Balaban J connectivity index is 1.33. The van der Waals surface area contributed by atoms with Crippen molar-refractivity contribution in [2.24, 2.45) is 0 Å². The van der Waals surface area contributed by atoms with Gasteiger partial charge in [-0.1, -0.05) is 48.4 Å². The van der Waals surface area contributed by atoms with Gasteiger partial charge in [0.05, 0.1) is 15.6 Å². The van der Waals surface area contributed by atoms with Crippen LogP contribution in [-0.2, 0) is 13.1 Å². The molecular weight excluding hydrogens is 454 g/mol. The third kappa shape index (κ3) is 6.22. The van der Waals surface area contributed by atoms with Gasteiger partial charge in [-0.2, -0.15) is 0 Å². The molecular formula is C26H28ClN3O2S. The normalized spacial score (nSPS) is 16.4. The molecule has 172 valence electrons. The molecule has 0 radical (unpaired) electrons. The summed E-state index contributed by atoms with van der Waals surface area (Å²) in [4.78, 5) is 28.1. The number of amides is 2. The number of anilines is 1. The lowest BCUT2D eigenvalue weighted by molar-refractivity contribution is 0.0949. The van der Waals surface area contributed by atoms with E-state index in [0.717, 1.165) is 18.7 Å². The van der Waals surface area contributed by atoms with E-state index in [1.807, 2.05) is 11.4 Å². The number of hydrogen-bond donors (Lipinski definition) is 2. The summed E-state index contributed by atoms with van der Waals surface area (Å²) in [6.07, 6.45) is 3.87. The number of rotatable bonds is 7. The van der Waals surface area contributed by atoms with E-state index in [0.29, 0.717) is 33.7 Å². The predicted molar refractivity (Wildman–Crippen MR) is 135 cm³/mol. The van der Waals surface area contributed by atoms with E-state index >= 15 is 0 Å². The van der Waals surface area contributed by atoms with Gasteiger partial charge in [0.15, 0.2) is 0 Å². The zero-order valence-corrected chi connectivity index (χ0v) is 20.2. The van der Waals surface area contributed by atoms with Crippen LogP contribution in [0.5, 0.6) is 0 Å². The van der Waals surface area contributed by atoms with Gasteiger partial charge >= 0.3 is 0 Å². The molecule has 33 heavy (non-hydrogen) atoms. The number of halogens is 1. The average Bonchev–Trinajstić information content (AvgIpc) is 3.36.